The Morgan fingerprint density at radius 2 is 1.94 bits per heavy atom. The van der Waals surface area contributed by atoms with Gasteiger partial charge in [0.1, 0.15) is 0 Å². The summed E-state index contributed by atoms with van der Waals surface area (Å²) in [5.41, 5.74) is -0.486. The topological polar surface area (TPSA) is 40.5 Å². The Hall–Kier alpha value is -0.0800. The molecular weight excluding hydrogens is 212 g/mol. The molecule has 0 spiro atoms. The SMILES string of the molecule is CC(C)[C@H](CO)CC[C@@]1(O)CCC[C@@H](C)[C@@H]1C. The number of aliphatic hydroxyl groups is 2. The van der Waals surface area contributed by atoms with E-state index in [2.05, 4.69) is 27.7 Å². The van der Waals surface area contributed by atoms with Crippen molar-refractivity contribution < 1.29 is 10.2 Å². The van der Waals surface area contributed by atoms with Crippen molar-refractivity contribution in [2.75, 3.05) is 6.61 Å². The Bertz CT molecular complexity index is 227. The average molecular weight is 242 g/mol. The van der Waals surface area contributed by atoms with Crippen LogP contribution in [0.15, 0.2) is 0 Å². The summed E-state index contributed by atoms with van der Waals surface area (Å²) >= 11 is 0. The van der Waals surface area contributed by atoms with E-state index in [-0.39, 0.29) is 6.61 Å². The molecule has 1 aliphatic rings. The van der Waals surface area contributed by atoms with Crippen LogP contribution in [0.5, 0.6) is 0 Å². The van der Waals surface area contributed by atoms with E-state index in [4.69, 9.17) is 0 Å². The van der Waals surface area contributed by atoms with Gasteiger partial charge in [-0.05, 0) is 42.9 Å². The minimum Gasteiger partial charge on any atom is -0.396 e. The van der Waals surface area contributed by atoms with E-state index >= 15 is 0 Å². The molecule has 0 radical (unpaired) electrons. The lowest BCUT2D eigenvalue weighted by Crippen LogP contribution is -2.43. The molecule has 0 unspecified atom stereocenters. The van der Waals surface area contributed by atoms with Crippen molar-refractivity contribution in [3.8, 4) is 0 Å². The summed E-state index contributed by atoms with van der Waals surface area (Å²) in [5, 5.41) is 20.1. The monoisotopic (exact) mass is 242 g/mol. The predicted octanol–water partition coefficient (Wildman–Crippen LogP) is 3.22. The van der Waals surface area contributed by atoms with E-state index in [1.807, 2.05) is 0 Å². The second-order valence-corrected chi connectivity index (χ2v) is 6.49. The Morgan fingerprint density at radius 3 is 2.47 bits per heavy atom. The maximum absolute atomic E-state index is 10.8. The molecule has 1 fully saturated rings. The number of aliphatic hydroxyl groups excluding tert-OH is 1. The van der Waals surface area contributed by atoms with Crippen molar-refractivity contribution in [2.24, 2.45) is 23.7 Å². The first-order chi connectivity index (χ1) is 7.90. The van der Waals surface area contributed by atoms with Gasteiger partial charge in [0.15, 0.2) is 0 Å². The highest BCUT2D eigenvalue weighted by Crippen LogP contribution is 2.41. The smallest absolute Gasteiger partial charge is 0.0675 e. The molecule has 1 saturated carbocycles. The molecule has 2 nitrogen and oxygen atoms in total. The zero-order valence-corrected chi connectivity index (χ0v) is 11.9. The summed E-state index contributed by atoms with van der Waals surface area (Å²) in [6.07, 6.45) is 5.13. The molecule has 0 heterocycles. The molecule has 17 heavy (non-hydrogen) atoms. The Balaban J connectivity index is 2.53. The molecule has 2 heteroatoms. The number of hydrogen-bond acceptors (Lipinski definition) is 2. The minimum atomic E-state index is -0.486. The van der Waals surface area contributed by atoms with Gasteiger partial charge < -0.3 is 10.2 Å². The van der Waals surface area contributed by atoms with Crippen molar-refractivity contribution in [1.29, 1.82) is 0 Å². The third-order valence-corrected chi connectivity index (χ3v) is 5.10. The lowest BCUT2D eigenvalue weighted by atomic mass is 9.68. The van der Waals surface area contributed by atoms with Gasteiger partial charge in [0.25, 0.3) is 0 Å². The highest BCUT2D eigenvalue weighted by Gasteiger charge is 2.39. The molecule has 0 aromatic rings. The standard InChI is InChI=1S/C15H30O2/c1-11(2)14(10-16)7-9-15(17)8-5-6-12(3)13(15)4/h11-14,16-17H,5-10H2,1-4H3/t12-,13+,14+,15+/m1/s1. The summed E-state index contributed by atoms with van der Waals surface area (Å²) in [5.74, 6) is 1.85. The quantitative estimate of drug-likeness (QED) is 0.777. The van der Waals surface area contributed by atoms with Gasteiger partial charge in [-0.3, -0.25) is 0 Å². The minimum absolute atomic E-state index is 0.248. The van der Waals surface area contributed by atoms with Crippen molar-refractivity contribution in [1.82, 2.24) is 0 Å². The highest BCUT2D eigenvalue weighted by atomic mass is 16.3. The van der Waals surface area contributed by atoms with Gasteiger partial charge in [0.05, 0.1) is 5.60 Å². The van der Waals surface area contributed by atoms with Crippen molar-refractivity contribution in [3.63, 3.8) is 0 Å². The van der Waals surface area contributed by atoms with Gasteiger partial charge in [0, 0.05) is 6.61 Å². The molecule has 0 saturated heterocycles. The molecule has 0 aromatic heterocycles. The maximum Gasteiger partial charge on any atom is 0.0675 e. The lowest BCUT2D eigenvalue weighted by molar-refractivity contribution is -0.0744. The van der Waals surface area contributed by atoms with Crippen LogP contribution in [0.25, 0.3) is 0 Å². The van der Waals surface area contributed by atoms with Crippen LogP contribution in [0, 0.1) is 23.7 Å². The van der Waals surface area contributed by atoms with Crippen LogP contribution < -0.4 is 0 Å². The first kappa shape index (κ1) is 15.0. The first-order valence-electron chi connectivity index (χ1n) is 7.24. The Kier molecular flexibility index (Phi) is 5.46. The molecule has 0 amide bonds. The van der Waals surface area contributed by atoms with Gasteiger partial charge in [-0.2, -0.15) is 0 Å². The fourth-order valence-electron chi connectivity index (χ4n) is 3.16. The number of hydrogen-bond donors (Lipinski definition) is 2. The van der Waals surface area contributed by atoms with E-state index in [1.165, 1.54) is 6.42 Å². The number of rotatable bonds is 5. The van der Waals surface area contributed by atoms with E-state index in [0.717, 1.165) is 25.7 Å². The van der Waals surface area contributed by atoms with E-state index in [9.17, 15) is 10.2 Å². The molecular formula is C15H30O2. The normalized spacial score (nSPS) is 36.2. The van der Waals surface area contributed by atoms with E-state index in [1.54, 1.807) is 0 Å². The second-order valence-electron chi connectivity index (χ2n) is 6.49. The third-order valence-electron chi connectivity index (χ3n) is 5.10. The lowest BCUT2D eigenvalue weighted by Gasteiger charge is -2.43. The van der Waals surface area contributed by atoms with Gasteiger partial charge >= 0.3 is 0 Å². The van der Waals surface area contributed by atoms with Crippen molar-refractivity contribution >= 4 is 0 Å². The largest absolute Gasteiger partial charge is 0.396 e. The molecule has 1 aliphatic carbocycles. The zero-order valence-electron chi connectivity index (χ0n) is 11.9. The summed E-state index contributed by atoms with van der Waals surface area (Å²) in [6.45, 7) is 8.99. The van der Waals surface area contributed by atoms with Crippen LogP contribution >= 0.6 is 0 Å². The summed E-state index contributed by atoms with van der Waals surface area (Å²) in [7, 11) is 0. The molecule has 4 atom stereocenters. The van der Waals surface area contributed by atoms with Crippen LogP contribution in [0.3, 0.4) is 0 Å². The van der Waals surface area contributed by atoms with Gasteiger partial charge in [-0.1, -0.05) is 40.5 Å². The second kappa shape index (κ2) is 6.19. The van der Waals surface area contributed by atoms with Crippen molar-refractivity contribution in [2.45, 2.75) is 65.4 Å². The summed E-state index contributed by atoms with van der Waals surface area (Å²) in [6, 6.07) is 0. The Morgan fingerprint density at radius 1 is 1.29 bits per heavy atom. The molecule has 1 rings (SSSR count). The maximum atomic E-state index is 10.8. The van der Waals surface area contributed by atoms with Crippen LogP contribution in [-0.4, -0.2) is 22.4 Å². The fourth-order valence-corrected chi connectivity index (χ4v) is 3.16. The van der Waals surface area contributed by atoms with Crippen LogP contribution in [0.1, 0.15) is 59.8 Å². The average Bonchev–Trinajstić information content (AvgIpc) is 2.26. The molecule has 0 bridgehead atoms. The molecule has 102 valence electrons. The van der Waals surface area contributed by atoms with E-state index < -0.39 is 5.60 Å². The Labute approximate surface area is 106 Å². The molecule has 0 aromatic carbocycles. The predicted molar refractivity (Wildman–Crippen MR) is 71.8 cm³/mol. The third kappa shape index (κ3) is 3.69. The zero-order chi connectivity index (χ0) is 13.1. The van der Waals surface area contributed by atoms with Crippen LogP contribution in [-0.2, 0) is 0 Å². The van der Waals surface area contributed by atoms with Gasteiger partial charge in [0.2, 0.25) is 0 Å². The fraction of sp³-hybridized carbons (Fsp3) is 1.00. The van der Waals surface area contributed by atoms with Crippen LogP contribution in [0.4, 0.5) is 0 Å². The molecule has 0 aliphatic heterocycles. The van der Waals surface area contributed by atoms with E-state index in [0.29, 0.717) is 23.7 Å². The van der Waals surface area contributed by atoms with Crippen LogP contribution in [0.2, 0.25) is 0 Å². The van der Waals surface area contributed by atoms with Gasteiger partial charge in [-0.25, -0.2) is 0 Å². The van der Waals surface area contributed by atoms with Gasteiger partial charge in [-0.15, -0.1) is 0 Å². The first-order valence-corrected chi connectivity index (χ1v) is 7.24. The summed E-state index contributed by atoms with van der Waals surface area (Å²) < 4.78 is 0. The molecule has 2 N–H and O–H groups in total. The van der Waals surface area contributed by atoms with Crippen molar-refractivity contribution in [3.05, 3.63) is 0 Å². The highest BCUT2D eigenvalue weighted by molar-refractivity contribution is 4.91. The summed E-state index contributed by atoms with van der Waals surface area (Å²) in [4.78, 5) is 0.